The third-order valence-electron chi connectivity index (χ3n) is 2.41. The molecule has 0 atom stereocenters. The number of thiophene rings is 1. The Morgan fingerprint density at radius 3 is 2.53 bits per heavy atom. The lowest BCUT2D eigenvalue weighted by molar-refractivity contribution is 0.112. The van der Waals surface area contributed by atoms with Gasteiger partial charge < -0.3 is 0 Å². The molecule has 0 unspecified atom stereocenters. The summed E-state index contributed by atoms with van der Waals surface area (Å²) in [6.45, 7) is 4.06. The highest BCUT2D eigenvalue weighted by Gasteiger charge is 2.03. The average molecular weight is 216 g/mol. The third-order valence-corrected chi connectivity index (χ3v) is 3.51. The van der Waals surface area contributed by atoms with E-state index in [1.165, 1.54) is 16.0 Å². The highest BCUT2D eigenvalue weighted by molar-refractivity contribution is 7.13. The largest absolute Gasteiger partial charge is 0.298 e. The molecule has 0 saturated carbocycles. The molecule has 0 saturated heterocycles. The van der Waals surface area contributed by atoms with Crippen LogP contribution in [0.3, 0.4) is 0 Å². The van der Waals surface area contributed by atoms with Crippen LogP contribution in [0.15, 0.2) is 29.6 Å². The lowest BCUT2D eigenvalue weighted by Crippen LogP contribution is -1.85. The summed E-state index contributed by atoms with van der Waals surface area (Å²) in [5.41, 5.74) is 4.28. The molecule has 0 aliphatic rings. The van der Waals surface area contributed by atoms with E-state index in [0.717, 1.165) is 17.4 Å². The molecule has 0 radical (unpaired) electrons. The Labute approximate surface area is 93.4 Å². The molecule has 76 valence electrons. The summed E-state index contributed by atoms with van der Waals surface area (Å²) in [5, 5.41) is 2.14. The van der Waals surface area contributed by atoms with E-state index in [0.29, 0.717) is 0 Å². The Morgan fingerprint density at radius 1 is 1.20 bits per heavy atom. The van der Waals surface area contributed by atoms with Gasteiger partial charge in [0, 0.05) is 10.4 Å². The summed E-state index contributed by atoms with van der Waals surface area (Å²) in [6.07, 6.45) is 0.902. The van der Waals surface area contributed by atoms with Crippen LogP contribution in [0, 0.1) is 13.8 Å². The maximum absolute atomic E-state index is 10.7. The van der Waals surface area contributed by atoms with Crippen molar-refractivity contribution in [2.75, 3.05) is 0 Å². The first-order valence-corrected chi connectivity index (χ1v) is 5.70. The summed E-state index contributed by atoms with van der Waals surface area (Å²) >= 11 is 1.74. The number of rotatable bonds is 2. The van der Waals surface area contributed by atoms with Crippen molar-refractivity contribution in [2.24, 2.45) is 0 Å². The first kappa shape index (κ1) is 10.1. The predicted octanol–water partition coefficient (Wildman–Crippen LogP) is 3.84. The van der Waals surface area contributed by atoms with E-state index in [4.69, 9.17) is 0 Å². The summed E-state index contributed by atoms with van der Waals surface area (Å²) < 4.78 is 0. The smallest absolute Gasteiger partial charge is 0.150 e. The van der Waals surface area contributed by atoms with Crippen molar-refractivity contribution in [1.29, 1.82) is 0 Å². The van der Waals surface area contributed by atoms with Crippen molar-refractivity contribution in [2.45, 2.75) is 13.8 Å². The van der Waals surface area contributed by atoms with Gasteiger partial charge in [-0.1, -0.05) is 12.1 Å². The van der Waals surface area contributed by atoms with Crippen LogP contribution in [0.4, 0.5) is 0 Å². The van der Waals surface area contributed by atoms with Gasteiger partial charge in [-0.15, -0.1) is 11.3 Å². The monoisotopic (exact) mass is 216 g/mol. The quantitative estimate of drug-likeness (QED) is 0.697. The van der Waals surface area contributed by atoms with Gasteiger partial charge in [-0.25, -0.2) is 0 Å². The number of hydrogen-bond donors (Lipinski definition) is 0. The standard InChI is InChI=1S/C13H12OS/c1-9-5-13(15-8-9)11-3-4-12(7-14)10(2)6-11/h3-8H,1-2H3. The van der Waals surface area contributed by atoms with E-state index in [9.17, 15) is 4.79 Å². The number of carbonyl (C=O) groups is 1. The van der Waals surface area contributed by atoms with Gasteiger partial charge in [0.15, 0.2) is 0 Å². The second kappa shape index (κ2) is 3.99. The minimum absolute atomic E-state index is 0.770. The number of carbonyl (C=O) groups excluding carboxylic acids is 1. The number of benzene rings is 1. The van der Waals surface area contributed by atoms with Crippen LogP contribution in [0.2, 0.25) is 0 Å². The van der Waals surface area contributed by atoms with E-state index >= 15 is 0 Å². The molecule has 1 aromatic carbocycles. The highest BCUT2D eigenvalue weighted by atomic mass is 32.1. The zero-order valence-electron chi connectivity index (χ0n) is 8.78. The van der Waals surface area contributed by atoms with Crippen molar-refractivity contribution in [1.82, 2.24) is 0 Å². The maximum atomic E-state index is 10.7. The summed E-state index contributed by atoms with van der Waals surface area (Å²) in [7, 11) is 0. The Hall–Kier alpha value is -1.41. The average Bonchev–Trinajstić information content (AvgIpc) is 2.65. The Balaban J connectivity index is 2.46. The molecule has 1 aromatic heterocycles. The minimum atomic E-state index is 0.770. The number of hydrogen-bond acceptors (Lipinski definition) is 2. The maximum Gasteiger partial charge on any atom is 0.150 e. The van der Waals surface area contributed by atoms with Gasteiger partial charge in [-0.2, -0.15) is 0 Å². The Morgan fingerprint density at radius 2 is 2.00 bits per heavy atom. The Kier molecular flexibility index (Phi) is 2.69. The first-order valence-electron chi connectivity index (χ1n) is 4.82. The van der Waals surface area contributed by atoms with E-state index in [2.05, 4.69) is 24.4 Å². The van der Waals surface area contributed by atoms with Gasteiger partial charge in [0.2, 0.25) is 0 Å². The second-order valence-corrected chi connectivity index (χ2v) is 4.59. The summed E-state index contributed by atoms with van der Waals surface area (Å²) in [4.78, 5) is 11.9. The molecular weight excluding hydrogens is 204 g/mol. The first-order chi connectivity index (χ1) is 7.20. The zero-order valence-corrected chi connectivity index (χ0v) is 9.60. The van der Waals surface area contributed by atoms with Crippen LogP contribution in [0.25, 0.3) is 10.4 Å². The summed E-state index contributed by atoms with van der Waals surface area (Å²) in [5.74, 6) is 0. The lowest BCUT2D eigenvalue weighted by atomic mass is 10.0. The topological polar surface area (TPSA) is 17.1 Å². The van der Waals surface area contributed by atoms with Gasteiger partial charge in [0.05, 0.1) is 0 Å². The third kappa shape index (κ3) is 2.00. The molecule has 15 heavy (non-hydrogen) atoms. The van der Waals surface area contributed by atoms with Crippen molar-refractivity contribution in [3.05, 3.63) is 46.3 Å². The zero-order chi connectivity index (χ0) is 10.8. The van der Waals surface area contributed by atoms with E-state index in [1.54, 1.807) is 11.3 Å². The van der Waals surface area contributed by atoms with Gasteiger partial charge in [0.25, 0.3) is 0 Å². The van der Waals surface area contributed by atoms with Gasteiger partial charge in [-0.05, 0) is 48.1 Å². The second-order valence-electron chi connectivity index (χ2n) is 3.68. The number of aldehydes is 1. The van der Waals surface area contributed by atoms with Crippen molar-refractivity contribution < 1.29 is 4.79 Å². The molecule has 0 fully saturated rings. The number of aryl methyl sites for hydroxylation is 2. The van der Waals surface area contributed by atoms with Crippen LogP contribution in [0.1, 0.15) is 21.5 Å². The molecule has 1 heterocycles. The van der Waals surface area contributed by atoms with E-state index < -0.39 is 0 Å². The fourth-order valence-electron chi connectivity index (χ4n) is 1.54. The molecule has 1 nitrogen and oxygen atoms in total. The summed E-state index contributed by atoms with van der Waals surface area (Å²) in [6, 6.07) is 8.11. The molecule has 2 heteroatoms. The fourth-order valence-corrected chi connectivity index (χ4v) is 2.44. The molecule has 0 N–H and O–H groups in total. The van der Waals surface area contributed by atoms with Crippen molar-refractivity contribution >= 4 is 17.6 Å². The van der Waals surface area contributed by atoms with Crippen LogP contribution < -0.4 is 0 Å². The normalized spacial score (nSPS) is 10.3. The molecule has 0 amide bonds. The lowest BCUT2D eigenvalue weighted by Gasteiger charge is -2.01. The SMILES string of the molecule is Cc1csc(-c2ccc(C=O)c(C)c2)c1. The van der Waals surface area contributed by atoms with Crippen LogP contribution in [0.5, 0.6) is 0 Å². The Bertz CT molecular complexity index is 497. The van der Waals surface area contributed by atoms with E-state index in [1.807, 2.05) is 19.1 Å². The molecule has 0 bridgehead atoms. The van der Waals surface area contributed by atoms with Crippen LogP contribution in [-0.2, 0) is 0 Å². The molecule has 0 aliphatic carbocycles. The van der Waals surface area contributed by atoms with Gasteiger partial charge >= 0.3 is 0 Å². The molecule has 0 spiro atoms. The van der Waals surface area contributed by atoms with E-state index in [-0.39, 0.29) is 0 Å². The molecule has 2 aromatic rings. The van der Waals surface area contributed by atoms with Crippen LogP contribution in [-0.4, -0.2) is 6.29 Å². The minimum Gasteiger partial charge on any atom is -0.298 e. The highest BCUT2D eigenvalue weighted by Crippen LogP contribution is 2.28. The van der Waals surface area contributed by atoms with Crippen LogP contribution >= 0.6 is 11.3 Å². The van der Waals surface area contributed by atoms with Crippen molar-refractivity contribution in [3.63, 3.8) is 0 Å². The fraction of sp³-hybridized carbons (Fsp3) is 0.154. The molecule has 0 aliphatic heterocycles. The van der Waals surface area contributed by atoms with Crippen molar-refractivity contribution in [3.8, 4) is 10.4 Å². The molecular formula is C13H12OS. The molecule has 2 rings (SSSR count). The van der Waals surface area contributed by atoms with Gasteiger partial charge in [-0.3, -0.25) is 4.79 Å². The van der Waals surface area contributed by atoms with Gasteiger partial charge in [0.1, 0.15) is 6.29 Å². The predicted molar refractivity (Wildman–Crippen MR) is 64.6 cm³/mol.